The number of rotatable bonds is 4. The molecule has 1 rings (SSSR count). The van der Waals surface area contributed by atoms with Crippen molar-refractivity contribution in [2.24, 2.45) is 11.5 Å². The van der Waals surface area contributed by atoms with E-state index in [9.17, 15) is 0 Å². The third-order valence-corrected chi connectivity index (χ3v) is 1.62. The normalized spacial score (nSPS) is 12.5. The fourth-order valence-electron chi connectivity index (χ4n) is 0.877. The molecule has 0 fully saturated rings. The molecule has 0 bridgehead atoms. The third kappa shape index (κ3) is 3.40. The molecule has 0 amide bonds. The fourth-order valence-corrected chi connectivity index (χ4v) is 0.877. The van der Waals surface area contributed by atoms with E-state index < -0.39 is 0 Å². The van der Waals surface area contributed by atoms with Gasteiger partial charge in [0.05, 0.1) is 12.2 Å². The van der Waals surface area contributed by atoms with E-state index in [0.29, 0.717) is 13.2 Å². The van der Waals surface area contributed by atoms with Gasteiger partial charge in [0.2, 0.25) is 0 Å². The molecule has 0 saturated heterocycles. The molecule has 72 valence electrons. The largest absolute Gasteiger partial charge is 0.490 e. The smallest absolute Gasteiger partial charge is 0.137 e. The molecule has 1 heterocycles. The molecule has 1 aromatic rings. The summed E-state index contributed by atoms with van der Waals surface area (Å²) < 4.78 is 5.37. The molecule has 4 N–H and O–H groups in total. The summed E-state index contributed by atoms with van der Waals surface area (Å²) in [4.78, 5) is 3.99. The van der Waals surface area contributed by atoms with Crippen LogP contribution in [0.15, 0.2) is 18.5 Å². The van der Waals surface area contributed by atoms with Crippen molar-refractivity contribution in [3.63, 3.8) is 0 Å². The Bertz CT molecular complexity index is 265. The Morgan fingerprint density at radius 3 is 2.92 bits per heavy atom. The van der Waals surface area contributed by atoms with Crippen LogP contribution >= 0.6 is 0 Å². The van der Waals surface area contributed by atoms with Crippen molar-refractivity contribution in [2.75, 3.05) is 13.2 Å². The van der Waals surface area contributed by atoms with Crippen molar-refractivity contribution >= 4 is 0 Å². The number of pyridine rings is 1. The Hall–Kier alpha value is -1.13. The highest BCUT2D eigenvalue weighted by Crippen LogP contribution is 2.09. The van der Waals surface area contributed by atoms with Crippen LogP contribution < -0.4 is 16.2 Å². The summed E-state index contributed by atoms with van der Waals surface area (Å²) in [5, 5.41) is 0. The van der Waals surface area contributed by atoms with Crippen LogP contribution in [0.25, 0.3) is 0 Å². The molecule has 4 heteroatoms. The number of hydrogen-bond acceptors (Lipinski definition) is 4. The second-order valence-corrected chi connectivity index (χ2v) is 3.00. The van der Waals surface area contributed by atoms with Crippen molar-refractivity contribution in [3.8, 4) is 5.75 Å². The molecule has 0 aliphatic heterocycles. The Kier molecular flexibility index (Phi) is 3.67. The molecular weight excluding hydrogens is 166 g/mol. The number of nitrogens with zero attached hydrogens (tertiary/aromatic N) is 1. The van der Waals surface area contributed by atoms with E-state index in [-0.39, 0.29) is 6.04 Å². The standard InChI is InChI=1S/C9H15N3O/c1-7-2-9(5-12-4-7)13-6-8(11)3-10/h2,4-5,8H,3,6,10-11H2,1H3/t8-/m0/s1. The maximum atomic E-state index is 5.59. The van der Waals surface area contributed by atoms with Gasteiger partial charge in [-0.15, -0.1) is 0 Å². The lowest BCUT2D eigenvalue weighted by Gasteiger charge is -2.10. The van der Waals surface area contributed by atoms with Crippen molar-refractivity contribution in [1.29, 1.82) is 0 Å². The second kappa shape index (κ2) is 4.79. The minimum Gasteiger partial charge on any atom is -0.490 e. The van der Waals surface area contributed by atoms with E-state index in [2.05, 4.69) is 4.98 Å². The van der Waals surface area contributed by atoms with Crippen molar-refractivity contribution in [3.05, 3.63) is 24.0 Å². The van der Waals surface area contributed by atoms with Crippen molar-refractivity contribution < 1.29 is 4.74 Å². The number of aryl methyl sites for hydroxylation is 1. The van der Waals surface area contributed by atoms with E-state index >= 15 is 0 Å². The lowest BCUT2D eigenvalue weighted by atomic mass is 10.3. The topological polar surface area (TPSA) is 74.2 Å². The zero-order chi connectivity index (χ0) is 9.68. The number of aromatic nitrogens is 1. The van der Waals surface area contributed by atoms with E-state index in [1.807, 2.05) is 13.0 Å². The first kappa shape index (κ1) is 9.95. The minimum absolute atomic E-state index is 0.111. The predicted octanol–water partition coefficient (Wildman–Crippen LogP) is 0.0548. The highest BCUT2D eigenvalue weighted by molar-refractivity contribution is 5.22. The summed E-state index contributed by atoms with van der Waals surface area (Å²) in [5.74, 6) is 0.740. The van der Waals surface area contributed by atoms with Gasteiger partial charge in [0.25, 0.3) is 0 Å². The second-order valence-electron chi connectivity index (χ2n) is 3.00. The Morgan fingerprint density at radius 2 is 2.31 bits per heavy atom. The Balaban J connectivity index is 2.45. The van der Waals surface area contributed by atoms with Crippen LogP contribution in [0.4, 0.5) is 0 Å². The summed E-state index contributed by atoms with van der Waals surface area (Å²) in [6.07, 6.45) is 3.44. The van der Waals surface area contributed by atoms with Crippen LogP contribution in [0.3, 0.4) is 0 Å². The molecule has 13 heavy (non-hydrogen) atoms. The summed E-state index contributed by atoms with van der Waals surface area (Å²) in [6, 6.07) is 1.80. The SMILES string of the molecule is Cc1cncc(OC[C@@H](N)CN)c1. The maximum absolute atomic E-state index is 5.59. The van der Waals surface area contributed by atoms with Crippen LogP contribution in [0.5, 0.6) is 5.75 Å². The first-order valence-electron chi connectivity index (χ1n) is 4.22. The van der Waals surface area contributed by atoms with Gasteiger partial charge in [-0.2, -0.15) is 0 Å². The summed E-state index contributed by atoms with van der Waals surface area (Å²) in [6.45, 7) is 2.82. The average Bonchev–Trinajstić information content (AvgIpc) is 2.14. The lowest BCUT2D eigenvalue weighted by Crippen LogP contribution is -2.35. The Labute approximate surface area is 77.9 Å². The molecule has 0 aliphatic rings. The van der Waals surface area contributed by atoms with Gasteiger partial charge in [0, 0.05) is 12.7 Å². The van der Waals surface area contributed by atoms with Crippen LogP contribution in [-0.2, 0) is 0 Å². The molecule has 0 spiro atoms. The lowest BCUT2D eigenvalue weighted by molar-refractivity contribution is 0.289. The number of nitrogens with two attached hydrogens (primary N) is 2. The molecule has 0 radical (unpaired) electrons. The predicted molar refractivity (Wildman–Crippen MR) is 51.5 cm³/mol. The molecule has 1 aromatic heterocycles. The summed E-state index contributed by atoms with van der Waals surface area (Å²) in [5.41, 5.74) is 12.0. The molecule has 0 aliphatic carbocycles. The average molecular weight is 181 g/mol. The van der Waals surface area contributed by atoms with E-state index in [4.69, 9.17) is 16.2 Å². The van der Waals surface area contributed by atoms with Gasteiger partial charge in [0.15, 0.2) is 0 Å². The highest BCUT2D eigenvalue weighted by atomic mass is 16.5. The van der Waals surface area contributed by atoms with Gasteiger partial charge in [-0.05, 0) is 18.6 Å². The van der Waals surface area contributed by atoms with Crippen LogP contribution in [-0.4, -0.2) is 24.2 Å². The van der Waals surface area contributed by atoms with Gasteiger partial charge in [-0.25, -0.2) is 0 Å². The zero-order valence-electron chi connectivity index (χ0n) is 7.73. The first-order chi connectivity index (χ1) is 6.22. The van der Waals surface area contributed by atoms with Crippen LogP contribution in [0.1, 0.15) is 5.56 Å². The van der Waals surface area contributed by atoms with E-state index in [1.165, 1.54) is 0 Å². The highest BCUT2D eigenvalue weighted by Gasteiger charge is 2.00. The summed E-state index contributed by atoms with van der Waals surface area (Å²) in [7, 11) is 0. The van der Waals surface area contributed by atoms with Gasteiger partial charge in [-0.3, -0.25) is 4.98 Å². The molecule has 4 nitrogen and oxygen atoms in total. The molecular formula is C9H15N3O. The van der Waals surface area contributed by atoms with Gasteiger partial charge in [0.1, 0.15) is 12.4 Å². The molecule has 0 saturated carbocycles. The van der Waals surface area contributed by atoms with Crippen LogP contribution in [0, 0.1) is 6.92 Å². The van der Waals surface area contributed by atoms with E-state index in [1.54, 1.807) is 12.4 Å². The fraction of sp³-hybridized carbons (Fsp3) is 0.444. The zero-order valence-corrected chi connectivity index (χ0v) is 7.73. The monoisotopic (exact) mass is 181 g/mol. The summed E-state index contributed by atoms with van der Waals surface area (Å²) >= 11 is 0. The maximum Gasteiger partial charge on any atom is 0.137 e. The van der Waals surface area contributed by atoms with E-state index in [0.717, 1.165) is 11.3 Å². The van der Waals surface area contributed by atoms with Gasteiger partial charge < -0.3 is 16.2 Å². The molecule has 0 aromatic carbocycles. The molecule has 1 atom stereocenters. The number of hydrogen-bond donors (Lipinski definition) is 2. The van der Waals surface area contributed by atoms with Crippen LogP contribution in [0.2, 0.25) is 0 Å². The Morgan fingerprint density at radius 1 is 1.54 bits per heavy atom. The third-order valence-electron chi connectivity index (χ3n) is 1.62. The van der Waals surface area contributed by atoms with Gasteiger partial charge in [-0.1, -0.05) is 0 Å². The number of ether oxygens (including phenoxy) is 1. The van der Waals surface area contributed by atoms with Crippen molar-refractivity contribution in [1.82, 2.24) is 4.98 Å². The minimum atomic E-state index is -0.111. The quantitative estimate of drug-likeness (QED) is 0.688. The first-order valence-corrected chi connectivity index (χ1v) is 4.22. The van der Waals surface area contributed by atoms with Gasteiger partial charge >= 0.3 is 0 Å². The molecule has 0 unspecified atom stereocenters. The van der Waals surface area contributed by atoms with Crippen molar-refractivity contribution in [2.45, 2.75) is 13.0 Å².